The first-order valence-corrected chi connectivity index (χ1v) is 8.82. The van der Waals surface area contributed by atoms with E-state index in [0.29, 0.717) is 18.8 Å². The number of nitrogens with two attached hydrogens (primary N) is 1. The smallest absolute Gasteiger partial charge is 0.225 e. The van der Waals surface area contributed by atoms with Crippen LogP contribution < -0.4 is 5.73 Å². The number of hydrogen-bond donors (Lipinski definition) is 1. The van der Waals surface area contributed by atoms with Gasteiger partial charge < -0.3 is 10.3 Å². The third-order valence-electron chi connectivity index (χ3n) is 4.40. The molecule has 0 unspecified atom stereocenters. The maximum Gasteiger partial charge on any atom is 0.225 e. The number of carbonyl (C=O) groups excluding carboxylic acids is 1. The molecule has 1 amide bonds. The van der Waals surface area contributed by atoms with E-state index >= 15 is 0 Å². The molecule has 0 aliphatic heterocycles. The van der Waals surface area contributed by atoms with Crippen LogP contribution in [0.4, 0.5) is 0 Å². The maximum absolute atomic E-state index is 11.3. The van der Waals surface area contributed by atoms with Crippen molar-refractivity contribution in [2.75, 3.05) is 0 Å². The van der Waals surface area contributed by atoms with Crippen molar-refractivity contribution in [1.82, 2.24) is 24.3 Å². The molecule has 0 aliphatic rings. The summed E-state index contributed by atoms with van der Waals surface area (Å²) in [6.45, 7) is 5.56. The molecule has 0 radical (unpaired) electrons. The Hall–Kier alpha value is -2.96. The molecule has 3 aromatic rings. The Morgan fingerprint density at radius 1 is 1.23 bits per heavy atom. The van der Waals surface area contributed by atoms with E-state index in [9.17, 15) is 4.79 Å². The number of aromatic nitrogens is 5. The highest BCUT2D eigenvalue weighted by Gasteiger charge is 2.13. The van der Waals surface area contributed by atoms with E-state index in [0.717, 1.165) is 24.6 Å². The minimum atomic E-state index is -0.424. The lowest BCUT2D eigenvalue weighted by Gasteiger charge is -2.10. The third kappa shape index (κ3) is 4.17. The van der Waals surface area contributed by atoms with Gasteiger partial charge >= 0.3 is 0 Å². The summed E-state index contributed by atoms with van der Waals surface area (Å²) in [5, 5.41) is 4.51. The summed E-state index contributed by atoms with van der Waals surface area (Å²) in [6.07, 6.45) is 5.44. The van der Waals surface area contributed by atoms with Crippen molar-refractivity contribution in [3.05, 3.63) is 65.3 Å². The fourth-order valence-electron chi connectivity index (χ4n) is 3.00. The van der Waals surface area contributed by atoms with E-state index in [1.807, 2.05) is 29.2 Å². The zero-order valence-electron chi connectivity index (χ0n) is 15.2. The zero-order chi connectivity index (χ0) is 18.5. The molecule has 0 fully saturated rings. The van der Waals surface area contributed by atoms with Crippen molar-refractivity contribution in [1.29, 1.82) is 0 Å². The molecule has 1 aromatic carbocycles. The Bertz CT molecular complexity index is 895. The molecule has 2 heterocycles. The van der Waals surface area contributed by atoms with Crippen LogP contribution in [0.5, 0.6) is 0 Å². The minimum Gasteiger partial charge on any atom is -0.369 e. The van der Waals surface area contributed by atoms with Gasteiger partial charge in [-0.25, -0.2) is 14.6 Å². The second-order valence-corrected chi connectivity index (χ2v) is 6.31. The van der Waals surface area contributed by atoms with Gasteiger partial charge in [-0.15, -0.1) is 0 Å². The van der Waals surface area contributed by atoms with Crippen molar-refractivity contribution >= 4 is 5.91 Å². The van der Waals surface area contributed by atoms with E-state index in [2.05, 4.69) is 45.6 Å². The number of benzene rings is 1. The number of primary amides is 1. The largest absolute Gasteiger partial charge is 0.369 e. The van der Waals surface area contributed by atoms with E-state index in [1.54, 1.807) is 0 Å². The number of amides is 1. The lowest BCUT2D eigenvalue weighted by atomic mass is 10.1. The highest BCUT2D eigenvalue weighted by atomic mass is 16.1. The van der Waals surface area contributed by atoms with Crippen molar-refractivity contribution in [2.45, 2.75) is 46.2 Å². The van der Waals surface area contributed by atoms with Crippen molar-refractivity contribution < 1.29 is 4.79 Å². The monoisotopic (exact) mass is 352 g/mol. The maximum atomic E-state index is 11.3. The topological polar surface area (TPSA) is 91.6 Å². The standard InChI is InChI=1S/C19H24N6O/c1-3-18-21-9-11-24(18)10-8-19-22-17(12-16(20)26)23-25(19)13-15-7-5-4-6-14(15)2/h4-7,9,11H,3,8,10,12-13H2,1-2H3,(H2,20,26). The molecule has 0 saturated carbocycles. The lowest BCUT2D eigenvalue weighted by molar-refractivity contribution is -0.117. The summed E-state index contributed by atoms with van der Waals surface area (Å²) in [6, 6.07) is 8.20. The fourth-order valence-corrected chi connectivity index (χ4v) is 3.00. The van der Waals surface area contributed by atoms with Crippen molar-refractivity contribution in [3.8, 4) is 0 Å². The van der Waals surface area contributed by atoms with Gasteiger partial charge in [0.1, 0.15) is 11.6 Å². The molecule has 136 valence electrons. The zero-order valence-corrected chi connectivity index (χ0v) is 15.2. The molecule has 0 atom stereocenters. The predicted octanol–water partition coefficient (Wildman–Crippen LogP) is 1.66. The van der Waals surface area contributed by atoms with E-state index in [1.165, 1.54) is 11.1 Å². The van der Waals surface area contributed by atoms with Crippen LogP contribution in [0.15, 0.2) is 36.7 Å². The number of hydrogen-bond acceptors (Lipinski definition) is 4. The first kappa shape index (κ1) is 17.8. The Kier molecular flexibility index (Phi) is 5.46. The summed E-state index contributed by atoms with van der Waals surface area (Å²) in [7, 11) is 0. The van der Waals surface area contributed by atoms with Gasteiger partial charge in [0, 0.05) is 31.8 Å². The first-order valence-electron chi connectivity index (χ1n) is 8.82. The second-order valence-electron chi connectivity index (χ2n) is 6.31. The van der Waals surface area contributed by atoms with Crippen molar-refractivity contribution in [3.63, 3.8) is 0 Å². The van der Waals surface area contributed by atoms with Gasteiger partial charge in [0.15, 0.2) is 5.82 Å². The molecule has 7 heteroatoms. The average Bonchev–Trinajstić information content (AvgIpc) is 3.20. The molecule has 0 bridgehead atoms. The van der Waals surface area contributed by atoms with Crippen LogP contribution in [-0.4, -0.2) is 30.2 Å². The van der Waals surface area contributed by atoms with Crippen LogP contribution in [0, 0.1) is 6.92 Å². The number of rotatable bonds is 8. The van der Waals surface area contributed by atoms with Gasteiger partial charge in [0.2, 0.25) is 5.91 Å². The van der Waals surface area contributed by atoms with Crippen LogP contribution >= 0.6 is 0 Å². The minimum absolute atomic E-state index is 0.0546. The van der Waals surface area contributed by atoms with Crippen LogP contribution in [0.1, 0.15) is 35.5 Å². The van der Waals surface area contributed by atoms with Gasteiger partial charge in [-0.3, -0.25) is 4.79 Å². The quantitative estimate of drug-likeness (QED) is 0.667. The molecular weight excluding hydrogens is 328 g/mol. The SMILES string of the molecule is CCc1nccn1CCc1nc(CC(N)=O)nn1Cc1ccccc1C. The lowest BCUT2D eigenvalue weighted by Crippen LogP contribution is -2.15. The van der Waals surface area contributed by atoms with Gasteiger partial charge in [0.25, 0.3) is 0 Å². The van der Waals surface area contributed by atoms with Crippen LogP contribution in [0.25, 0.3) is 0 Å². The predicted molar refractivity (Wildman–Crippen MR) is 98.5 cm³/mol. The second kappa shape index (κ2) is 7.95. The molecule has 3 rings (SSSR count). The summed E-state index contributed by atoms with van der Waals surface area (Å²) < 4.78 is 4.00. The molecule has 2 N–H and O–H groups in total. The highest BCUT2D eigenvalue weighted by Crippen LogP contribution is 2.12. The summed E-state index contributed by atoms with van der Waals surface area (Å²) in [5.41, 5.74) is 7.69. The molecule has 0 spiro atoms. The van der Waals surface area contributed by atoms with Crippen LogP contribution in [0.3, 0.4) is 0 Å². The first-order chi connectivity index (χ1) is 12.6. The van der Waals surface area contributed by atoms with E-state index in [4.69, 9.17) is 5.73 Å². The summed E-state index contributed by atoms with van der Waals surface area (Å²) in [5.74, 6) is 1.95. The molecular formula is C19H24N6O. The molecule has 0 aliphatic carbocycles. The average molecular weight is 352 g/mol. The van der Waals surface area contributed by atoms with Crippen LogP contribution in [-0.2, 0) is 37.1 Å². The van der Waals surface area contributed by atoms with Crippen LogP contribution in [0.2, 0.25) is 0 Å². The number of aryl methyl sites for hydroxylation is 4. The normalized spacial score (nSPS) is 11.0. The van der Waals surface area contributed by atoms with Gasteiger partial charge in [-0.05, 0) is 18.1 Å². The Morgan fingerprint density at radius 3 is 2.77 bits per heavy atom. The Balaban J connectivity index is 1.83. The summed E-state index contributed by atoms with van der Waals surface area (Å²) >= 11 is 0. The number of nitrogens with zero attached hydrogens (tertiary/aromatic N) is 5. The molecule has 7 nitrogen and oxygen atoms in total. The summed E-state index contributed by atoms with van der Waals surface area (Å²) in [4.78, 5) is 20.2. The number of imidazole rings is 1. The molecule has 2 aromatic heterocycles. The van der Waals surface area contributed by atoms with Gasteiger partial charge in [0.05, 0.1) is 13.0 Å². The van der Waals surface area contributed by atoms with E-state index < -0.39 is 5.91 Å². The Morgan fingerprint density at radius 2 is 2.04 bits per heavy atom. The Labute approximate surface area is 152 Å². The van der Waals surface area contributed by atoms with Gasteiger partial charge in [-0.2, -0.15) is 5.10 Å². The fraction of sp³-hybridized carbons (Fsp3) is 0.368. The van der Waals surface area contributed by atoms with E-state index in [-0.39, 0.29) is 6.42 Å². The molecule has 0 saturated heterocycles. The van der Waals surface area contributed by atoms with Crippen molar-refractivity contribution in [2.24, 2.45) is 5.73 Å². The molecule has 26 heavy (non-hydrogen) atoms. The van der Waals surface area contributed by atoms with Gasteiger partial charge in [-0.1, -0.05) is 31.2 Å². The third-order valence-corrected chi connectivity index (χ3v) is 4.40. The highest BCUT2D eigenvalue weighted by molar-refractivity contribution is 5.75. The number of carbonyl (C=O) groups is 1.